The van der Waals surface area contributed by atoms with Gasteiger partial charge >= 0.3 is 5.97 Å². The molecule has 9 amide bonds. The fourth-order valence-corrected chi connectivity index (χ4v) is 8.27. The molecule has 2 fully saturated rings. The van der Waals surface area contributed by atoms with Crippen LogP contribution in [-0.2, 0) is 47.9 Å². The summed E-state index contributed by atoms with van der Waals surface area (Å²) in [6, 6.07) is -10.1. The van der Waals surface area contributed by atoms with Crippen molar-refractivity contribution in [2.45, 2.75) is 179 Å². The summed E-state index contributed by atoms with van der Waals surface area (Å²) in [5, 5.41) is 25.4. The van der Waals surface area contributed by atoms with Crippen molar-refractivity contribution in [2.75, 3.05) is 26.2 Å². The van der Waals surface area contributed by atoms with Gasteiger partial charge in [-0.05, 0) is 109 Å². The molecule has 0 aromatic heterocycles. The molecule has 2 heterocycles. The molecule has 0 aromatic rings. The molecule has 0 aromatic carbocycles. The number of likely N-dealkylation sites (tertiary alicyclic amines) is 2. The van der Waals surface area contributed by atoms with E-state index < -0.39 is 114 Å². The minimum Gasteiger partial charge on any atom is -0.480 e. The molecule has 0 unspecified atom stereocenters. The first kappa shape index (κ1) is 60.0. The third-order valence-electron chi connectivity index (χ3n) is 12.0. The minimum atomic E-state index is -1.25. The third-order valence-corrected chi connectivity index (χ3v) is 12.0. The van der Waals surface area contributed by atoms with E-state index in [2.05, 4.69) is 36.9 Å². The summed E-state index contributed by atoms with van der Waals surface area (Å²) in [7, 11) is 0. The van der Waals surface area contributed by atoms with Crippen LogP contribution in [0.25, 0.3) is 0 Å². The van der Waals surface area contributed by atoms with E-state index in [1.54, 1.807) is 0 Å². The summed E-state index contributed by atoms with van der Waals surface area (Å²) in [5.41, 5.74) is 27.8. The van der Waals surface area contributed by atoms with Crippen molar-refractivity contribution < 1.29 is 53.1 Å². The molecular formula is C45H80N14O11. The zero-order chi connectivity index (χ0) is 52.8. The van der Waals surface area contributed by atoms with Crippen molar-refractivity contribution in [3.8, 4) is 0 Å². The van der Waals surface area contributed by atoms with Crippen molar-refractivity contribution in [3.05, 3.63) is 0 Å². The van der Waals surface area contributed by atoms with Gasteiger partial charge in [0.25, 0.3) is 0 Å². The van der Waals surface area contributed by atoms with Gasteiger partial charge in [-0.1, -0.05) is 27.7 Å². The van der Waals surface area contributed by atoms with Crippen molar-refractivity contribution in [1.29, 1.82) is 0 Å². The van der Waals surface area contributed by atoms with Crippen LogP contribution in [0.3, 0.4) is 0 Å². The maximum absolute atomic E-state index is 13.9. The summed E-state index contributed by atoms with van der Waals surface area (Å²) < 4.78 is 0. The Hall–Kier alpha value is -6.11. The smallest absolute Gasteiger partial charge is 0.326 e. The Bertz CT molecular complexity index is 1860. The number of amides is 9. The van der Waals surface area contributed by atoms with Crippen LogP contribution in [0.15, 0.2) is 4.99 Å². The van der Waals surface area contributed by atoms with E-state index in [0.717, 1.165) is 0 Å². The van der Waals surface area contributed by atoms with E-state index in [9.17, 15) is 53.1 Å². The number of aliphatic carboxylic acids is 1. The van der Waals surface area contributed by atoms with E-state index in [1.165, 1.54) is 23.6 Å². The van der Waals surface area contributed by atoms with E-state index in [4.69, 9.17) is 28.7 Å². The molecule has 0 aliphatic carbocycles. The zero-order valence-electron chi connectivity index (χ0n) is 41.6. The van der Waals surface area contributed by atoms with Gasteiger partial charge in [0.1, 0.15) is 48.3 Å². The molecule has 0 radical (unpaired) electrons. The van der Waals surface area contributed by atoms with Crippen LogP contribution in [0.4, 0.5) is 0 Å². The second kappa shape index (κ2) is 29.8. The molecule has 25 nitrogen and oxygen atoms in total. The standard InChI is InChI=1S/C45H80N14O11/c1-24(2)22-31(39(64)57-32(44(69)70)23-25(3)4)56-41(66)34-15-10-20-58(34)42(67)27(6)53-38(63)29(13-7-8-18-46)54-36(61)26(5)52-40(65)33-14-11-21-59(33)43(68)30(16-17-35(48)60)55-37(62)28(47)12-9-19-51-45(49)50/h24-34H,7-23,46-47H2,1-6H3,(H2,48,60)(H,52,65)(H,53,63)(H,54,61)(H,55,62)(H,56,66)(H,57,64)(H,69,70)(H4,49,50,51)/t26-,27-,28-,29-,30-,31-,32-,33-,34-/m0/s1. The van der Waals surface area contributed by atoms with Crippen molar-refractivity contribution in [3.63, 3.8) is 0 Å². The van der Waals surface area contributed by atoms with Crippen LogP contribution >= 0.6 is 0 Å². The van der Waals surface area contributed by atoms with E-state index >= 15 is 0 Å². The van der Waals surface area contributed by atoms with Gasteiger partial charge in [0.15, 0.2) is 5.96 Å². The SMILES string of the molecule is CC(C)C[C@H](NC(=O)[C@H](CC(C)C)NC(=O)[C@@H]1CCCN1C(=O)[C@H](C)NC(=O)[C@H](CCCCN)NC(=O)[C@H](C)NC(=O)[C@@H]1CCCN1C(=O)[C@H](CCC(N)=O)NC(=O)[C@@H](N)CCCN=C(N)N)C(=O)O. The summed E-state index contributed by atoms with van der Waals surface area (Å²) in [6.45, 7) is 11.0. The quantitative estimate of drug-likeness (QED) is 0.0192. The van der Waals surface area contributed by atoms with E-state index in [1.807, 2.05) is 27.7 Å². The summed E-state index contributed by atoms with van der Waals surface area (Å²) in [6.07, 6.45) is 2.95. The predicted molar refractivity (Wildman–Crippen MR) is 258 cm³/mol. The number of aliphatic imine (C=N–C) groups is 1. The first-order valence-corrected chi connectivity index (χ1v) is 24.3. The number of unbranched alkanes of at least 4 members (excludes halogenated alkanes) is 1. The summed E-state index contributed by atoms with van der Waals surface area (Å²) >= 11 is 0. The Morgan fingerprint density at radius 2 is 1.11 bits per heavy atom. The fraction of sp³-hybridized carbons (Fsp3) is 0.756. The lowest BCUT2D eigenvalue weighted by molar-refractivity contribution is -0.144. The summed E-state index contributed by atoms with van der Waals surface area (Å²) in [5.74, 6) is -7.40. The minimum absolute atomic E-state index is 0.0256. The van der Waals surface area contributed by atoms with Gasteiger partial charge in [0.05, 0.1) is 6.04 Å². The molecule has 2 aliphatic heterocycles. The maximum Gasteiger partial charge on any atom is 0.326 e. The van der Waals surface area contributed by atoms with Crippen LogP contribution in [0, 0.1) is 11.8 Å². The second-order valence-corrected chi connectivity index (χ2v) is 19.0. The molecule has 0 bridgehead atoms. The molecule has 396 valence electrons. The average Bonchev–Trinajstić information content (AvgIpc) is 3.98. The molecule has 25 heteroatoms. The van der Waals surface area contributed by atoms with Crippen molar-refractivity contribution in [2.24, 2.45) is 45.5 Å². The molecule has 2 rings (SSSR count). The first-order valence-electron chi connectivity index (χ1n) is 24.3. The van der Waals surface area contributed by atoms with Gasteiger partial charge in [-0.15, -0.1) is 0 Å². The maximum atomic E-state index is 13.9. The lowest BCUT2D eigenvalue weighted by Gasteiger charge is -2.30. The third kappa shape index (κ3) is 20.1. The molecule has 9 atom stereocenters. The topological polar surface area (TPSA) is 412 Å². The van der Waals surface area contributed by atoms with Crippen LogP contribution in [0.5, 0.6) is 0 Å². The van der Waals surface area contributed by atoms with E-state index in [-0.39, 0.29) is 88.8 Å². The first-order chi connectivity index (χ1) is 32.9. The highest BCUT2D eigenvalue weighted by Gasteiger charge is 2.41. The highest BCUT2D eigenvalue weighted by molar-refractivity contribution is 5.98. The number of carboxylic acids is 1. The number of nitrogens with zero attached hydrogens (tertiary/aromatic N) is 3. The molecule has 70 heavy (non-hydrogen) atoms. The number of hydrogen-bond acceptors (Lipinski definition) is 13. The Balaban J connectivity index is 2.14. The number of carbonyl (C=O) groups is 10. The molecule has 0 spiro atoms. The number of rotatable bonds is 30. The van der Waals surface area contributed by atoms with Gasteiger partial charge in [0.2, 0.25) is 53.2 Å². The van der Waals surface area contributed by atoms with Gasteiger partial charge in [-0.25, -0.2) is 4.79 Å². The van der Waals surface area contributed by atoms with Crippen LogP contribution < -0.4 is 60.6 Å². The number of carboxylic acid groups (broad SMARTS) is 1. The van der Waals surface area contributed by atoms with Crippen molar-refractivity contribution in [1.82, 2.24) is 41.7 Å². The van der Waals surface area contributed by atoms with Gasteiger partial charge in [-0.2, -0.15) is 0 Å². The highest BCUT2D eigenvalue weighted by Crippen LogP contribution is 2.22. The van der Waals surface area contributed by atoms with Gasteiger partial charge < -0.3 is 75.5 Å². The Kier molecular flexibility index (Phi) is 25.6. The highest BCUT2D eigenvalue weighted by atomic mass is 16.4. The molecule has 2 saturated heterocycles. The molecular weight excluding hydrogens is 913 g/mol. The van der Waals surface area contributed by atoms with Crippen LogP contribution in [0.2, 0.25) is 0 Å². The number of carbonyl (C=O) groups excluding carboxylic acids is 9. The van der Waals surface area contributed by atoms with Crippen molar-refractivity contribution >= 4 is 65.1 Å². The number of nitrogens with one attached hydrogen (secondary N) is 6. The lowest BCUT2D eigenvalue weighted by Crippen LogP contribution is -2.59. The number of nitrogens with two attached hydrogens (primary N) is 5. The Morgan fingerprint density at radius 1 is 0.586 bits per heavy atom. The average molecular weight is 993 g/mol. The Labute approximate surface area is 410 Å². The fourth-order valence-electron chi connectivity index (χ4n) is 8.27. The van der Waals surface area contributed by atoms with Gasteiger partial charge in [-0.3, -0.25) is 48.1 Å². The van der Waals surface area contributed by atoms with Crippen LogP contribution in [-0.4, -0.2) is 161 Å². The number of primary amides is 1. The lowest BCUT2D eigenvalue weighted by atomic mass is 10.00. The summed E-state index contributed by atoms with van der Waals surface area (Å²) in [4.78, 5) is 139. The van der Waals surface area contributed by atoms with Gasteiger partial charge in [0, 0.05) is 26.1 Å². The number of hydrogen-bond donors (Lipinski definition) is 12. The molecule has 17 N–H and O–H groups in total. The Morgan fingerprint density at radius 3 is 1.66 bits per heavy atom. The second-order valence-electron chi connectivity index (χ2n) is 19.0. The van der Waals surface area contributed by atoms with E-state index in [0.29, 0.717) is 38.6 Å². The molecule has 2 aliphatic rings. The monoisotopic (exact) mass is 993 g/mol. The largest absolute Gasteiger partial charge is 0.480 e. The molecule has 0 saturated carbocycles. The predicted octanol–water partition coefficient (Wildman–Crippen LogP) is -3.13. The normalized spacial score (nSPS) is 18.6. The van der Waals surface area contributed by atoms with Crippen LogP contribution in [0.1, 0.15) is 125 Å². The zero-order valence-corrected chi connectivity index (χ0v) is 41.6. The number of guanidine groups is 1.